The average molecular weight is 278 g/mol. The van der Waals surface area contributed by atoms with Crippen molar-refractivity contribution in [2.45, 2.75) is 45.0 Å². The van der Waals surface area contributed by atoms with Crippen LogP contribution in [0.4, 0.5) is 0 Å². The van der Waals surface area contributed by atoms with Gasteiger partial charge in [0.25, 0.3) is 0 Å². The standard InChI is InChI=1S/C16H22O4/c1-9-8-10-4-6-15(2)16(3,11(17)5-7-20-15)12(10)14(19)13(9)18/h4,6,8-9,12-14,18-19H,5,7H2,1-3H3/t9-,12-,13?,14-,15-,16-/m1/s1. The molecule has 4 nitrogen and oxygen atoms in total. The molecule has 0 aromatic carbocycles. The molecule has 0 bridgehead atoms. The second-order valence-electron chi connectivity index (χ2n) is 6.65. The SMILES string of the molecule is C[C@@H]1C=C2C=C[C@@]3(C)OCCC(=O)[C@]3(C)[C@H]2[C@@H](O)C1O. The summed E-state index contributed by atoms with van der Waals surface area (Å²) < 4.78 is 5.87. The molecular formula is C16H22O4. The molecule has 0 spiro atoms. The van der Waals surface area contributed by atoms with Crippen LogP contribution in [0.5, 0.6) is 0 Å². The van der Waals surface area contributed by atoms with E-state index < -0.39 is 29.1 Å². The zero-order valence-corrected chi connectivity index (χ0v) is 12.2. The molecule has 1 fully saturated rings. The number of ketones is 1. The van der Waals surface area contributed by atoms with Crippen LogP contribution in [0.25, 0.3) is 0 Å². The first-order valence-corrected chi connectivity index (χ1v) is 7.25. The van der Waals surface area contributed by atoms with Crippen LogP contribution >= 0.6 is 0 Å². The number of hydrogen-bond acceptors (Lipinski definition) is 4. The number of hydrogen-bond donors (Lipinski definition) is 2. The zero-order chi connectivity index (χ0) is 14.7. The highest BCUT2D eigenvalue weighted by molar-refractivity contribution is 5.88. The maximum Gasteiger partial charge on any atom is 0.144 e. The van der Waals surface area contributed by atoms with Crippen molar-refractivity contribution in [3.05, 3.63) is 23.8 Å². The Bertz CT molecular complexity index is 509. The Labute approximate surface area is 119 Å². The van der Waals surface area contributed by atoms with Gasteiger partial charge in [-0.05, 0) is 19.4 Å². The molecule has 0 saturated carbocycles. The molecule has 0 aromatic rings. The Balaban J connectivity index is 2.18. The summed E-state index contributed by atoms with van der Waals surface area (Å²) in [6.45, 7) is 6.05. The van der Waals surface area contributed by atoms with Gasteiger partial charge >= 0.3 is 0 Å². The van der Waals surface area contributed by atoms with Gasteiger partial charge in [0.1, 0.15) is 5.78 Å². The first-order chi connectivity index (χ1) is 9.31. The fourth-order valence-corrected chi connectivity index (χ4v) is 4.05. The fourth-order valence-electron chi connectivity index (χ4n) is 4.05. The maximum atomic E-state index is 12.6. The third kappa shape index (κ3) is 1.56. The van der Waals surface area contributed by atoms with E-state index >= 15 is 0 Å². The summed E-state index contributed by atoms with van der Waals surface area (Å²) in [5, 5.41) is 20.7. The van der Waals surface area contributed by atoms with Gasteiger partial charge in [0.2, 0.25) is 0 Å². The summed E-state index contributed by atoms with van der Waals surface area (Å²) in [6.07, 6.45) is 4.42. The van der Waals surface area contributed by atoms with E-state index in [1.165, 1.54) is 0 Å². The van der Waals surface area contributed by atoms with E-state index in [0.717, 1.165) is 5.57 Å². The Morgan fingerprint density at radius 3 is 2.70 bits per heavy atom. The zero-order valence-electron chi connectivity index (χ0n) is 12.2. The van der Waals surface area contributed by atoms with Crippen molar-refractivity contribution in [1.29, 1.82) is 0 Å². The number of Topliss-reactive ketones (excluding diaryl/α,β-unsaturated/α-hetero) is 1. The van der Waals surface area contributed by atoms with Gasteiger partial charge in [0.15, 0.2) is 0 Å². The van der Waals surface area contributed by atoms with Crippen molar-refractivity contribution in [2.75, 3.05) is 6.61 Å². The first kappa shape index (κ1) is 14.0. The number of ether oxygens (including phenoxy) is 1. The molecule has 1 unspecified atom stereocenters. The lowest BCUT2D eigenvalue weighted by molar-refractivity contribution is -0.184. The van der Waals surface area contributed by atoms with Gasteiger partial charge in [-0.15, -0.1) is 0 Å². The smallest absolute Gasteiger partial charge is 0.144 e. The molecule has 0 amide bonds. The first-order valence-electron chi connectivity index (χ1n) is 7.25. The number of carbonyl (C=O) groups is 1. The highest BCUT2D eigenvalue weighted by Gasteiger charge is 2.62. The van der Waals surface area contributed by atoms with Crippen LogP contribution < -0.4 is 0 Å². The van der Waals surface area contributed by atoms with Crippen LogP contribution in [-0.4, -0.2) is 40.4 Å². The van der Waals surface area contributed by atoms with Gasteiger partial charge < -0.3 is 14.9 Å². The molecule has 2 aliphatic carbocycles. The van der Waals surface area contributed by atoms with Crippen molar-refractivity contribution in [1.82, 2.24) is 0 Å². The van der Waals surface area contributed by atoms with E-state index in [-0.39, 0.29) is 11.7 Å². The lowest BCUT2D eigenvalue weighted by Crippen LogP contribution is -2.64. The summed E-state index contributed by atoms with van der Waals surface area (Å²) >= 11 is 0. The van der Waals surface area contributed by atoms with E-state index in [1.54, 1.807) is 0 Å². The van der Waals surface area contributed by atoms with Crippen molar-refractivity contribution < 1.29 is 19.7 Å². The molecule has 3 aliphatic rings. The van der Waals surface area contributed by atoms with Crippen LogP contribution in [0.2, 0.25) is 0 Å². The van der Waals surface area contributed by atoms with E-state index in [4.69, 9.17) is 4.74 Å². The Hall–Kier alpha value is -0.970. The van der Waals surface area contributed by atoms with E-state index in [1.807, 2.05) is 39.0 Å². The molecule has 110 valence electrons. The Kier molecular flexibility index (Phi) is 2.98. The molecule has 0 radical (unpaired) electrons. The minimum Gasteiger partial charge on any atom is -0.390 e. The average Bonchev–Trinajstić information content (AvgIpc) is 2.39. The number of carbonyl (C=O) groups excluding carboxylic acids is 1. The molecule has 4 heteroatoms. The van der Waals surface area contributed by atoms with Gasteiger partial charge in [-0.2, -0.15) is 0 Å². The summed E-state index contributed by atoms with van der Waals surface area (Å²) in [5.74, 6) is -0.419. The van der Waals surface area contributed by atoms with Crippen LogP contribution in [0.3, 0.4) is 0 Å². The van der Waals surface area contributed by atoms with Crippen LogP contribution in [0.1, 0.15) is 27.2 Å². The fraction of sp³-hybridized carbons (Fsp3) is 0.688. The van der Waals surface area contributed by atoms with Crippen molar-refractivity contribution in [3.63, 3.8) is 0 Å². The van der Waals surface area contributed by atoms with E-state index in [2.05, 4.69) is 0 Å². The van der Waals surface area contributed by atoms with Crippen molar-refractivity contribution in [3.8, 4) is 0 Å². The highest BCUT2D eigenvalue weighted by Crippen LogP contribution is 2.55. The summed E-state index contributed by atoms with van der Waals surface area (Å²) in [7, 11) is 0. The molecule has 3 rings (SSSR count). The van der Waals surface area contributed by atoms with E-state index in [9.17, 15) is 15.0 Å². The number of rotatable bonds is 0. The molecule has 0 aromatic heterocycles. The maximum absolute atomic E-state index is 12.6. The second-order valence-corrected chi connectivity index (χ2v) is 6.65. The molecule has 20 heavy (non-hydrogen) atoms. The van der Waals surface area contributed by atoms with Crippen molar-refractivity contribution >= 4 is 5.78 Å². The summed E-state index contributed by atoms with van der Waals surface area (Å²) in [5.41, 5.74) is -0.605. The van der Waals surface area contributed by atoms with Gasteiger partial charge in [-0.3, -0.25) is 4.79 Å². The molecule has 1 saturated heterocycles. The Morgan fingerprint density at radius 2 is 2.00 bits per heavy atom. The number of aliphatic hydroxyl groups excluding tert-OH is 2. The second kappa shape index (κ2) is 4.26. The van der Waals surface area contributed by atoms with Crippen LogP contribution in [-0.2, 0) is 9.53 Å². The summed E-state index contributed by atoms with van der Waals surface area (Å²) in [4.78, 5) is 12.6. The largest absolute Gasteiger partial charge is 0.390 e. The minimum absolute atomic E-state index is 0.104. The number of fused-ring (bicyclic) bond motifs is 3. The predicted molar refractivity (Wildman–Crippen MR) is 74.0 cm³/mol. The quantitative estimate of drug-likeness (QED) is 0.699. The lowest BCUT2D eigenvalue weighted by atomic mass is 9.53. The minimum atomic E-state index is -0.940. The van der Waals surface area contributed by atoms with Crippen LogP contribution in [0, 0.1) is 17.3 Å². The molecule has 2 N–H and O–H groups in total. The number of allylic oxidation sites excluding steroid dienone is 1. The monoisotopic (exact) mass is 278 g/mol. The normalized spacial score (nSPS) is 51.2. The van der Waals surface area contributed by atoms with Gasteiger partial charge in [-0.1, -0.05) is 25.2 Å². The number of aliphatic hydroxyl groups is 2. The third-order valence-electron chi connectivity index (χ3n) is 5.60. The molecule has 1 heterocycles. The van der Waals surface area contributed by atoms with E-state index in [0.29, 0.717) is 13.0 Å². The molecule has 6 atom stereocenters. The van der Waals surface area contributed by atoms with Gasteiger partial charge in [0.05, 0.1) is 29.8 Å². The summed E-state index contributed by atoms with van der Waals surface area (Å²) in [6, 6.07) is 0. The molecular weight excluding hydrogens is 256 g/mol. The Morgan fingerprint density at radius 1 is 1.30 bits per heavy atom. The lowest BCUT2D eigenvalue weighted by Gasteiger charge is -2.56. The van der Waals surface area contributed by atoms with Gasteiger partial charge in [-0.25, -0.2) is 0 Å². The molecule has 1 aliphatic heterocycles. The predicted octanol–water partition coefficient (Wildman–Crippen LogP) is 1.22. The topological polar surface area (TPSA) is 66.8 Å². The highest BCUT2D eigenvalue weighted by atomic mass is 16.5. The van der Waals surface area contributed by atoms with Gasteiger partial charge in [0, 0.05) is 18.3 Å². The third-order valence-corrected chi connectivity index (χ3v) is 5.60. The van der Waals surface area contributed by atoms with Crippen molar-refractivity contribution in [2.24, 2.45) is 17.3 Å². The van der Waals surface area contributed by atoms with Crippen LogP contribution in [0.15, 0.2) is 23.8 Å².